The van der Waals surface area contributed by atoms with E-state index in [4.69, 9.17) is 4.74 Å². The standard InChI is InChI=1S/C15H16O2/c16-8-7-15(10-17-11-15)14-6-5-12-3-1-2-4-13(12)9-14/h1-6,9,16H,7-8,10-11H2. The SMILES string of the molecule is OCCC1(c2ccc3ccccc3c2)COC1. The van der Waals surface area contributed by atoms with E-state index in [-0.39, 0.29) is 12.0 Å². The molecule has 17 heavy (non-hydrogen) atoms. The summed E-state index contributed by atoms with van der Waals surface area (Å²) in [6.45, 7) is 1.67. The molecule has 0 bridgehead atoms. The van der Waals surface area contributed by atoms with Crippen LogP contribution in [0.4, 0.5) is 0 Å². The zero-order chi connectivity index (χ0) is 11.7. The number of fused-ring (bicyclic) bond motifs is 1. The van der Waals surface area contributed by atoms with Gasteiger partial charge in [0, 0.05) is 12.0 Å². The third-order valence-electron chi connectivity index (χ3n) is 3.71. The second-order valence-corrected chi connectivity index (χ2v) is 4.81. The van der Waals surface area contributed by atoms with Crippen molar-refractivity contribution < 1.29 is 9.84 Å². The van der Waals surface area contributed by atoms with E-state index < -0.39 is 0 Å². The molecule has 1 fully saturated rings. The predicted molar refractivity (Wildman–Crippen MR) is 68.1 cm³/mol. The maximum absolute atomic E-state index is 9.19. The van der Waals surface area contributed by atoms with Gasteiger partial charge in [0.25, 0.3) is 0 Å². The average molecular weight is 228 g/mol. The highest BCUT2D eigenvalue weighted by atomic mass is 16.5. The second kappa shape index (κ2) is 4.13. The highest BCUT2D eigenvalue weighted by Crippen LogP contribution is 2.36. The Hall–Kier alpha value is -1.38. The van der Waals surface area contributed by atoms with Crippen molar-refractivity contribution in [2.24, 2.45) is 0 Å². The summed E-state index contributed by atoms with van der Waals surface area (Å²) in [7, 11) is 0. The molecule has 0 atom stereocenters. The molecule has 3 rings (SSSR count). The summed E-state index contributed by atoms with van der Waals surface area (Å²) < 4.78 is 5.35. The van der Waals surface area contributed by atoms with Crippen LogP contribution in [0.1, 0.15) is 12.0 Å². The van der Waals surface area contributed by atoms with Crippen LogP contribution < -0.4 is 0 Å². The summed E-state index contributed by atoms with van der Waals surface area (Å²) in [6.07, 6.45) is 0.783. The van der Waals surface area contributed by atoms with Crippen molar-refractivity contribution in [3.63, 3.8) is 0 Å². The van der Waals surface area contributed by atoms with Crippen LogP contribution in [-0.4, -0.2) is 24.9 Å². The summed E-state index contributed by atoms with van der Waals surface area (Å²) in [5.41, 5.74) is 1.33. The van der Waals surface area contributed by atoms with Crippen LogP contribution in [0.3, 0.4) is 0 Å². The van der Waals surface area contributed by atoms with Crippen LogP contribution in [0.25, 0.3) is 10.8 Å². The topological polar surface area (TPSA) is 29.5 Å². The number of hydrogen-bond donors (Lipinski definition) is 1. The highest BCUT2D eigenvalue weighted by Gasteiger charge is 2.39. The van der Waals surface area contributed by atoms with Crippen LogP contribution in [0, 0.1) is 0 Å². The summed E-state index contributed by atoms with van der Waals surface area (Å²) in [6, 6.07) is 14.9. The predicted octanol–water partition coefficient (Wildman–Crippen LogP) is 2.49. The molecule has 1 N–H and O–H groups in total. The second-order valence-electron chi connectivity index (χ2n) is 4.81. The summed E-state index contributed by atoms with van der Waals surface area (Å²) in [5, 5.41) is 11.7. The molecule has 2 nitrogen and oxygen atoms in total. The Balaban J connectivity index is 2.05. The molecular weight excluding hydrogens is 212 g/mol. The van der Waals surface area contributed by atoms with E-state index in [1.54, 1.807) is 0 Å². The lowest BCUT2D eigenvalue weighted by Crippen LogP contribution is -2.47. The van der Waals surface area contributed by atoms with Crippen LogP contribution in [-0.2, 0) is 10.2 Å². The van der Waals surface area contributed by atoms with E-state index in [2.05, 4.69) is 42.5 Å². The number of benzene rings is 2. The van der Waals surface area contributed by atoms with E-state index >= 15 is 0 Å². The minimum atomic E-state index is 0.0405. The van der Waals surface area contributed by atoms with Crippen molar-refractivity contribution in [2.45, 2.75) is 11.8 Å². The van der Waals surface area contributed by atoms with Crippen molar-refractivity contribution in [3.8, 4) is 0 Å². The first-order valence-electron chi connectivity index (χ1n) is 6.02. The normalized spacial score (nSPS) is 17.9. The van der Waals surface area contributed by atoms with Gasteiger partial charge in [-0.1, -0.05) is 42.5 Å². The molecule has 2 heteroatoms. The van der Waals surface area contributed by atoms with Gasteiger partial charge in [-0.2, -0.15) is 0 Å². The lowest BCUT2D eigenvalue weighted by Gasteiger charge is -2.41. The first-order valence-corrected chi connectivity index (χ1v) is 6.02. The van der Waals surface area contributed by atoms with Crippen molar-refractivity contribution in [1.82, 2.24) is 0 Å². The first kappa shape index (κ1) is 10.8. The number of rotatable bonds is 3. The smallest absolute Gasteiger partial charge is 0.0586 e. The summed E-state index contributed by atoms with van der Waals surface area (Å²) >= 11 is 0. The molecule has 0 unspecified atom stereocenters. The molecule has 1 aliphatic rings. The van der Waals surface area contributed by atoms with Crippen LogP contribution >= 0.6 is 0 Å². The van der Waals surface area contributed by atoms with Gasteiger partial charge in [0.15, 0.2) is 0 Å². The van der Waals surface area contributed by atoms with E-state index in [1.165, 1.54) is 16.3 Å². The van der Waals surface area contributed by atoms with Gasteiger partial charge >= 0.3 is 0 Å². The Kier molecular flexibility index (Phi) is 2.61. The van der Waals surface area contributed by atoms with Crippen molar-refractivity contribution in [2.75, 3.05) is 19.8 Å². The first-order chi connectivity index (χ1) is 8.34. The monoisotopic (exact) mass is 228 g/mol. The molecule has 0 saturated carbocycles. The third kappa shape index (κ3) is 1.74. The average Bonchev–Trinajstić information content (AvgIpc) is 2.33. The fourth-order valence-corrected chi connectivity index (χ4v) is 2.54. The molecule has 88 valence electrons. The van der Waals surface area contributed by atoms with E-state index in [0.717, 1.165) is 19.6 Å². The highest BCUT2D eigenvalue weighted by molar-refractivity contribution is 5.83. The van der Waals surface area contributed by atoms with E-state index in [0.29, 0.717) is 0 Å². The van der Waals surface area contributed by atoms with E-state index in [9.17, 15) is 5.11 Å². The zero-order valence-corrected chi connectivity index (χ0v) is 9.73. The molecule has 0 radical (unpaired) electrons. The van der Waals surface area contributed by atoms with Gasteiger partial charge in [0.2, 0.25) is 0 Å². The van der Waals surface area contributed by atoms with Gasteiger partial charge in [-0.3, -0.25) is 0 Å². The molecule has 0 amide bonds. The van der Waals surface area contributed by atoms with Crippen LogP contribution in [0.2, 0.25) is 0 Å². The fourth-order valence-electron chi connectivity index (χ4n) is 2.54. The number of ether oxygens (including phenoxy) is 1. The molecule has 0 aromatic heterocycles. The molecule has 1 aliphatic heterocycles. The van der Waals surface area contributed by atoms with Gasteiger partial charge in [0.05, 0.1) is 13.2 Å². The van der Waals surface area contributed by atoms with Crippen LogP contribution in [0.5, 0.6) is 0 Å². The van der Waals surface area contributed by atoms with Gasteiger partial charge < -0.3 is 9.84 Å². The minimum Gasteiger partial charge on any atom is -0.396 e. The third-order valence-corrected chi connectivity index (χ3v) is 3.71. The largest absolute Gasteiger partial charge is 0.396 e. The van der Waals surface area contributed by atoms with Crippen molar-refractivity contribution in [3.05, 3.63) is 48.0 Å². The lowest BCUT2D eigenvalue weighted by atomic mass is 9.75. The quantitative estimate of drug-likeness (QED) is 0.874. The summed E-state index contributed by atoms with van der Waals surface area (Å²) in [5.74, 6) is 0. The fraction of sp³-hybridized carbons (Fsp3) is 0.333. The number of aliphatic hydroxyl groups is 1. The molecule has 1 heterocycles. The maximum atomic E-state index is 9.19. The van der Waals surface area contributed by atoms with Crippen molar-refractivity contribution in [1.29, 1.82) is 0 Å². The zero-order valence-electron chi connectivity index (χ0n) is 9.73. The Morgan fingerprint density at radius 3 is 2.47 bits per heavy atom. The van der Waals surface area contributed by atoms with Gasteiger partial charge in [-0.15, -0.1) is 0 Å². The maximum Gasteiger partial charge on any atom is 0.0586 e. The Bertz CT molecular complexity index is 529. The van der Waals surface area contributed by atoms with Crippen LogP contribution in [0.15, 0.2) is 42.5 Å². The molecule has 0 spiro atoms. The Morgan fingerprint density at radius 1 is 1.06 bits per heavy atom. The van der Waals surface area contributed by atoms with Gasteiger partial charge in [-0.05, 0) is 22.8 Å². The molecule has 2 aromatic rings. The van der Waals surface area contributed by atoms with Gasteiger partial charge in [0.1, 0.15) is 0 Å². The Morgan fingerprint density at radius 2 is 1.82 bits per heavy atom. The molecule has 1 saturated heterocycles. The molecular formula is C15H16O2. The Labute approximate surface area is 101 Å². The number of aliphatic hydroxyl groups excluding tert-OH is 1. The number of hydrogen-bond acceptors (Lipinski definition) is 2. The van der Waals surface area contributed by atoms with E-state index in [1.807, 2.05) is 0 Å². The summed E-state index contributed by atoms with van der Waals surface area (Å²) in [4.78, 5) is 0. The lowest BCUT2D eigenvalue weighted by molar-refractivity contribution is -0.0700. The van der Waals surface area contributed by atoms with Gasteiger partial charge in [-0.25, -0.2) is 0 Å². The van der Waals surface area contributed by atoms with Crippen molar-refractivity contribution >= 4 is 10.8 Å². The molecule has 2 aromatic carbocycles. The molecule has 0 aliphatic carbocycles. The minimum absolute atomic E-state index is 0.0405.